The summed E-state index contributed by atoms with van der Waals surface area (Å²) < 4.78 is 7.62. The molecule has 1 atom stereocenters. The molecule has 4 heteroatoms. The van der Waals surface area contributed by atoms with Crippen LogP contribution in [0.5, 0.6) is 0 Å². The van der Waals surface area contributed by atoms with Crippen LogP contribution in [0, 0.1) is 6.92 Å². The number of hydrogen-bond donors (Lipinski definition) is 1. The molecule has 3 rings (SSSR count). The average Bonchev–Trinajstić information content (AvgIpc) is 3.16. The van der Waals surface area contributed by atoms with Gasteiger partial charge in [-0.15, -0.1) is 0 Å². The van der Waals surface area contributed by atoms with Crippen molar-refractivity contribution in [2.75, 3.05) is 0 Å². The summed E-state index contributed by atoms with van der Waals surface area (Å²) in [6.07, 6.45) is 5.52. The number of furan rings is 1. The molecule has 0 aliphatic heterocycles. The van der Waals surface area contributed by atoms with Crippen LogP contribution in [0.15, 0.2) is 59.5 Å². The van der Waals surface area contributed by atoms with Crippen LogP contribution in [0.1, 0.15) is 30.0 Å². The molecule has 0 saturated carbocycles. The van der Waals surface area contributed by atoms with Crippen molar-refractivity contribution in [3.8, 4) is 5.69 Å². The predicted molar refractivity (Wildman–Crippen MR) is 82.3 cm³/mol. The highest BCUT2D eigenvalue weighted by Gasteiger charge is 2.08. The highest BCUT2D eigenvalue weighted by atomic mass is 16.3. The second-order valence-electron chi connectivity index (χ2n) is 5.19. The Bertz CT molecular complexity index is 683. The van der Waals surface area contributed by atoms with Gasteiger partial charge in [0.25, 0.3) is 0 Å². The van der Waals surface area contributed by atoms with Crippen LogP contribution in [-0.4, -0.2) is 9.55 Å². The summed E-state index contributed by atoms with van der Waals surface area (Å²) in [7, 11) is 0. The quantitative estimate of drug-likeness (QED) is 0.776. The van der Waals surface area contributed by atoms with Crippen LogP contribution >= 0.6 is 0 Å². The second-order valence-corrected chi connectivity index (χ2v) is 5.19. The van der Waals surface area contributed by atoms with E-state index in [0.29, 0.717) is 0 Å². The van der Waals surface area contributed by atoms with Gasteiger partial charge in [-0.1, -0.05) is 12.1 Å². The van der Waals surface area contributed by atoms with E-state index in [1.54, 1.807) is 12.5 Å². The van der Waals surface area contributed by atoms with E-state index in [1.165, 1.54) is 5.56 Å². The van der Waals surface area contributed by atoms with Crippen molar-refractivity contribution in [3.63, 3.8) is 0 Å². The highest BCUT2D eigenvalue weighted by Crippen LogP contribution is 2.16. The van der Waals surface area contributed by atoms with Crippen molar-refractivity contribution in [3.05, 3.63) is 72.2 Å². The van der Waals surface area contributed by atoms with Crippen LogP contribution in [0.3, 0.4) is 0 Å². The largest absolute Gasteiger partial charge is 0.465 e. The third-order valence-electron chi connectivity index (χ3n) is 3.54. The van der Waals surface area contributed by atoms with E-state index in [9.17, 15) is 0 Å². The number of rotatable bonds is 5. The predicted octanol–water partition coefficient (Wildman–Crippen LogP) is 3.62. The van der Waals surface area contributed by atoms with Crippen molar-refractivity contribution >= 4 is 0 Å². The Hall–Kier alpha value is -2.33. The maximum atomic E-state index is 5.63. The lowest BCUT2D eigenvalue weighted by Crippen LogP contribution is -2.17. The maximum absolute atomic E-state index is 5.63. The highest BCUT2D eigenvalue weighted by molar-refractivity contribution is 5.34. The van der Waals surface area contributed by atoms with Gasteiger partial charge in [-0.3, -0.25) is 0 Å². The average molecular weight is 281 g/mol. The lowest BCUT2D eigenvalue weighted by Gasteiger charge is -2.12. The minimum absolute atomic E-state index is 0.201. The molecule has 0 fully saturated rings. The van der Waals surface area contributed by atoms with Crippen molar-refractivity contribution in [2.45, 2.75) is 26.4 Å². The molecule has 21 heavy (non-hydrogen) atoms. The van der Waals surface area contributed by atoms with E-state index in [-0.39, 0.29) is 6.04 Å². The van der Waals surface area contributed by atoms with Crippen molar-refractivity contribution in [1.82, 2.24) is 14.9 Å². The molecule has 1 unspecified atom stereocenters. The standard InChI is InChI=1S/C17H19N3O/c1-13-3-8-17(21-13)14(2)19-11-15-4-6-16(7-5-15)20-10-9-18-12-20/h3-10,12,14,19H,11H2,1-2H3. The van der Waals surface area contributed by atoms with Crippen molar-refractivity contribution in [1.29, 1.82) is 0 Å². The van der Waals surface area contributed by atoms with Crippen LogP contribution in [-0.2, 0) is 6.54 Å². The fourth-order valence-electron chi connectivity index (χ4n) is 2.26. The maximum Gasteiger partial charge on any atom is 0.120 e. The summed E-state index contributed by atoms with van der Waals surface area (Å²) in [5.74, 6) is 1.92. The molecule has 2 heterocycles. The molecule has 0 saturated heterocycles. The molecule has 3 aromatic rings. The van der Waals surface area contributed by atoms with Gasteiger partial charge in [0, 0.05) is 24.6 Å². The summed E-state index contributed by atoms with van der Waals surface area (Å²) >= 11 is 0. The molecule has 4 nitrogen and oxygen atoms in total. The Morgan fingerprint density at radius 3 is 2.62 bits per heavy atom. The molecule has 0 aliphatic carbocycles. The Morgan fingerprint density at radius 1 is 1.19 bits per heavy atom. The lowest BCUT2D eigenvalue weighted by molar-refractivity contribution is 0.416. The Kier molecular flexibility index (Phi) is 3.88. The van der Waals surface area contributed by atoms with Gasteiger partial charge < -0.3 is 14.3 Å². The molecule has 0 spiro atoms. The molecule has 1 N–H and O–H groups in total. The molecule has 0 amide bonds. The molecular weight excluding hydrogens is 262 g/mol. The third kappa shape index (κ3) is 3.23. The fraction of sp³-hybridized carbons (Fsp3) is 0.235. The SMILES string of the molecule is Cc1ccc(C(C)NCc2ccc(-n3ccnc3)cc2)o1. The van der Waals surface area contributed by atoms with Gasteiger partial charge in [0.15, 0.2) is 0 Å². The van der Waals surface area contributed by atoms with E-state index in [2.05, 4.69) is 41.5 Å². The molecule has 0 radical (unpaired) electrons. The summed E-state index contributed by atoms with van der Waals surface area (Å²) in [4.78, 5) is 4.06. The first-order chi connectivity index (χ1) is 10.2. The topological polar surface area (TPSA) is 43.0 Å². The number of nitrogens with one attached hydrogen (secondary N) is 1. The molecule has 2 aromatic heterocycles. The third-order valence-corrected chi connectivity index (χ3v) is 3.54. The molecule has 0 bridgehead atoms. The molecule has 0 aliphatic rings. The number of aryl methyl sites for hydroxylation is 1. The number of imidazole rings is 1. The van der Waals surface area contributed by atoms with Crippen molar-refractivity contribution in [2.24, 2.45) is 0 Å². The Balaban J connectivity index is 1.61. The van der Waals surface area contributed by atoms with Gasteiger partial charge >= 0.3 is 0 Å². The van der Waals surface area contributed by atoms with E-state index >= 15 is 0 Å². The van der Waals surface area contributed by atoms with Gasteiger partial charge in [0.1, 0.15) is 11.5 Å². The Morgan fingerprint density at radius 2 is 2.00 bits per heavy atom. The summed E-state index contributed by atoms with van der Waals surface area (Å²) in [6, 6.07) is 12.7. The van der Waals surface area contributed by atoms with Crippen molar-refractivity contribution < 1.29 is 4.42 Å². The molecule has 1 aromatic carbocycles. The number of benzene rings is 1. The zero-order chi connectivity index (χ0) is 14.7. The summed E-state index contributed by atoms with van der Waals surface area (Å²) in [5.41, 5.74) is 2.36. The zero-order valence-electron chi connectivity index (χ0n) is 12.3. The fourth-order valence-corrected chi connectivity index (χ4v) is 2.26. The number of nitrogens with zero attached hydrogens (tertiary/aromatic N) is 2. The first-order valence-electron chi connectivity index (χ1n) is 7.09. The summed E-state index contributed by atoms with van der Waals surface area (Å²) in [5, 5.41) is 3.47. The van der Waals surface area contributed by atoms with Crippen LogP contribution in [0.4, 0.5) is 0 Å². The molecular formula is C17H19N3O. The van der Waals surface area contributed by atoms with Crippen LogP contribution in [0.2, 0.25) is 0 Å². The number of aromatic nitrogens is 2. The van der Waals surface area contributed by atoms with Crippen LogP contribution < -0.4 is 5.32 Å². The summed E-state index contributed by atoms with van der Waals surface area (Å²) in [6.45, 7) is 4.88. The van der Waals surface area contributed by atoms with E-state index in [0.717, 1.165) is 23.8 Å². The minimum atomic E-state index is 0.201. The van der Waals surface area contributed by atoms with Crippen LogP contribution in [0.25, 0.3) is 5.69 Å². The minimum Gasteiger partial charge on any atom is -0.465 e. The Labute approximate surface area is 124 Å². The molecule has 108 valence electrons. The van der Waals surface area contributed by atoms with Gasteiger partial charge in [0.2, 0.25) is 0 Å². The van der Waals surface area contributed by atoms with E-state index in [1.807, 2.05) is 29.8 Å². The lowest BCUT2D eigenvalue weighted by atomic mass is 10.2. The van der Waals surface area contributed by atoms with Gasteiger partial charge in [-0.2, -0.15) is 0 Å². The monoisotopic (exact) mass is 281 g/mol. The normalized spacial score (nSPS) is 12.5. The first kappa shape index (κ1) is 13.6. The van der Waals surface area contributed by atoms with E-state index in [4.69, 9.17) is 4.42 Å². The van der Waals surface area contributed by atoms with Gasteiger partial charge in [0.05, 0.1) is 12.4 Å². The van der Waals surface area contributed by atoms with E-state index < -0.39 is 0 Å². The second kappa shape index (κ2) is 5.97. The smallest absolute Gasteiger partial charge is 0.120 e. The number of hydrogen-bond acceptors (Lipinski definition) is 3. The van der Waals surface area contributed by atoms with Gasteiger partial charge in [-0.05, 0) is 43.7 Å². The van der Waals surface area contributed by atoms with Gasteiger partial charge in [-0.25, -0.2) is 4.98 Å². The first-order valence-corrected chi connectivity index (χ1v) is 7.09. The zero-order valence-corrected chi connectivity index (χ0v) is 12.3.